The van der Waals surface area contributed by atoms with Gasteiger partial charge in [0.2, 0.25) is 0 Å². The number of imidazole rings is 1. The van der Waals surface area contributed by atoms with E-state index in [-0.39, 0.29) is 11.5 Å². The molecule has 8 heteroatoms. The number of carbonyl (C=O) groups is 1. The van der Waals surface area contributed by atoms with Gasteiger partial charge in [-0.3, -0.25) is 9.59 Å². The van der Waals surface area contributed by atoms with Crippen molar-refractivity contribution in [2.75, 3.05) is 0 Å². The number of thiophene rings is 1. The van der Waals surface area contributed by atoms with Gasteiger partial charge in [-0.2, -0.15) is 0 Å². The molecular weight excluding hydrogens is 408 g/mol. The number of amides is 1. The number of nitrogens with zero attached hydrogens (tertiary/aromatic N) is 2. The van der Waals surface area contributed by atoms with Crippen molar-refractivity contribution in [1.82, 2.24) is 19.9 Å². The summed E-state index contributed by atoms with van der Waals surface area (Å²) in [4.78, 5) is 31.9. The minimum Gasteiger partial charge on any atom is -0.346 e. The topological polar surface area (TPSA) is 79.8 Å². The lowest BCUT2D eigenvalue weighted by molar-refractivity contribution is 0.0954. The molecule has 3 aromatic heterocycles. The Kier molecular flexibility index (Phi) is 5.33. The summed E-state index contributed by atoms with van der Waals surface area (Å²) < 4.78 is 2.50. The van der Waals surface area contributed by atoms with Crippen LogP contribution >= 0.6 is 22.9 Å². The minimum atomic E-state index is -0.173. The molecule has 0 bridgehead atoms. The Bertz CT molecular complexity index is 1220. The van der Waals surface area contributed by atoms with Gasteiger partial charge in [0.1, 0.15) is 0 Å². The SMILES string of the molecule is Cc1ncn(-c2ccc(-c3ccc[nH]c3=O)cc2)c1CNC(=O)c1ccc(Cl)s1. The predicted octanol–water partition coefficient (Wildman–Crippen LogP) is 4.18. The quantitative estimate of drug-likeness (QED) is 0.504. The number of rotatable bonds is 5. The molecule has 0 saturated heterocycles. The molecule has 0 aliphatic carbocycles. The highest BCUT2D eigenvalue weighted by Crippen LogP contribution is 2.22. The Morgan fingerprint density at radius 2 is 2.00 bits per heavy atom. The molecule has 4 rings (SSSR count). The normalized spacial score (nSPS) is 10.8. The van der Waals surface area contributed by atoms with Crippen LogP contribution in [0.1, 0.15) is 21.1 Å². The maximum absolute atomic E-state index is 12.3. The van der Waals surface area contributed by atoms with Gasteiger partial charge in [0, 0.05) is 17.4 Å². The third kappa shape index (κ3) is 4.01. The van der Waals surface area contributed by atoms with Crippen molar-refractivity contribution in [2.24, 2.45) is 0 Å². The van der Waals surface area contributed by atoms with E-state index in [9.17, 15) is 9.59 Å². The van der Waals surface area contributed by atoms with Crippen LogP contribution in [0.5, 0.6) is 0 Å². The number of aromatic nitrogens is 3. The lowest BCUT2D eigenvalue weighted by Crippen LogP contribution is -2.23. The van der Waals surface area contributed by atoms with Crippen molar-refractivity contribution in [3.8, 4) is 16.8 Å². The molecule has 0 aliphatic rings. The van der Waals surface area contributed by atoms with E-state index in [1.165, 1.54) is 11.3 Å². The van der Waals surface area contributed by atoms with Gasteiger partial charge in [0.15, 0.2) is 0 Å². The monoisotopic (exact) mass is 424 g/mol. The Labute approximate surface area is 175 Å². The smallest absolute Gasteiger partial charge is 0.261 e. The first-order valence-electron chi connectivity index (χ1n) is 8.88. The first-order valence-corrected chi connectivity index (χ1v) is 10.1. The Morgan fingerprint density at radius 1 is 1.21 bits per heavy atom. The number of H-pyrrole nitrogens is 1. The molecule has 0 aliphatic heterocycles. The summed E-state index contributed by atoms with van der Waals surface area (Å²) in [6.45, 7) is 2.23. The van der Waals surface area contributed by atoms with Crippen molar-refractivity contribution in [3.63, 3.8) is 0 Å². The number of benzene rings is 1. The van der Waals surface area contributed by atoms with E-state index in [1.54, 1.807) is 36.8 Å². The maximum atomic E-state index is 12.3. The molecule has 146 valence electrons. The average molecular weight is 425 g/mol. The van der Waals surface area contributed by atoms with Crippen LogP contribution in [-0.4, -0.2) is 20.4 Å². The van der Waals surface area contributed by atoms with Gasteiger partial charge in [0.05, 0.1) is 33.5 Å². The highest BCUT2D eigenvalue weighted by molar-refractivity contribution is 7.17. The van der Waals surface area contributed by atoms with Crippen LogP contribution in [0.3, 0.4) is 0 Å². The van der Waals surface area contributed by atoms with Gasteiger partial charge in [0.25, 0.3) is 11.5 Å². The van der Waals surface area contributed by atoms with Gasteiger partial charge in [-0.05, 0) is 48.9 Å². The van der Waals surface area contributed by atoms with E-state index in [0.717, 1.165) is 22.6 Å². The standard InChI is InChI=1S/C21H17ClN4O2S/c1-13-17(11-24-21(28)18-8-9-19(22)29-18)26(12-25-13)15-6-4-14(5-7-15)16-3-2-10-23-20(16)27/h2-10,12H,11H2,1H3,(H,23,27)(H,24,28). The van der Waals surface area contributed by atoms with Crippen LogP contribution in [0.4, 0.5) is 0 Å². The molecule has 0 unspecified atom stereocenters. The van der Waals surface area contributed by atoms with Crippen LogP contribution in [0, 0.1) is 6.92 Å². The number of pyridine rings is 1. The van der Waals surface area contributed by atoms with Crippen LogP contribution in [-0.2, 0) is 6.54 Å². The fraction of sp³-hybridized carbons (Fsp3) is 0.0952. The first kappa shape index (κ1) is 19.2. The summed E-state index contributed by atoms with van der Waals surface area (Å²) in [5.74, 6) is -0.173. The number of aromatic amines is 1. The number of hydrogen-bond acceptors (Lipinski definition) is 4. The second-order valence-corrected chi connectivity index (χ2v) is 8.11. The summed E-state index contributed by atoms with van der Waals surface area (Å²) in [6.07, 6.45) is 3.34. The summed E-state index contributed by atoms with van der Waals surface area (Å²) in [7, 11) is 0. The molecule has 0 fully saturated rings. The summed E-state index contributed by atoms with van der Waals surface area (Å²) in [5, 5.41) is 2.92. The van der Waals surface area contributed by atoms with Crippen molar-refractivity contribution in [3.05, 3.63) is 92.0 Å². The number of halogens is 1. The fourth-order valence-corrected chi connectivity index (χ4v) is 4.00. The van der Waals surface area contributed by atoms with E-state index in [0.29, 0.717) is 21.3 Å². The average Bonchev–Trinajstić information content (AvgIpc) is 3.32. The molecule has 4 aromatic rings. The van der Waals surface area contributed by atoms with Crippen LogP contribution < -0.4 is 10.9 Å². The van der Waals surface area contributed by atoms with Crippen molar-refractivity contribution >= 4 is 28.8 Å². The second-order valence-electron chi connectivity index (χ2n) is 6.39. The number of hydrogen-bond donors (Lipinski definition) is 2. The van der Waals surface area contributed by atoms with E-state index < -0.39 is 0 Å². The zero-order valence-electron chi connectivity index (χ0n) is 15.5. The zero-order valence-corrected chi connectivity index (χ0v) is 17.1. The van der Waals surface area contributed by atoms with E-state index >= 15 is 0 Å². The van der Waals surface area contributed by atoms with Crippen LogP contribution in [0.15, 0.2) is 65.8 Å². The summed E-state index contributed by atoms with van der Waals surface area (Å²) in [6, 6.07) is 14.6. The predicted molar refractivity (Wildman–Crippen MR) is 115 cm³/mol. The largest absolute Gasteiger partial charge is 0.346 e. The Hall–Kier alpha value is -3.16. The van der Waals surface area contributed by atoms with Crippen molar-refractivity contribution < 1.29 is 4.79 Å². The van der Waals surface area contributed by atoms with E-state index in [2.05, 4.69) is 15.3 Å². The minimum absolute atomic E-state index is 0.129. The van der Waals surface area contributed by atoms with Gasteiger partial charge < -0.3 is 14.9 Å². The Balaban J connectivity index is 1.56. The summed E-state index contributed by atoms with van der Waals surface area (Å²) >= 11 is 7.15. The van der Waals surface area contributed by atoms with E-state index in [1.807, 2.05) is 35.8 Å². The highest BCUT2D eigenvalue weighted by atomic mass is 35.5. The third-order valence-corrected chi connectivity index (χ3v) is 5.79. The second kappa shape index (κ2) is 8.06. The molecule has 6 nitrogen and oxygen atoms in total. The number of carbonyl (C=O) groups excluding carboxylic acids is 1. The van der Waals surface area contributed by atoms with Crippen LogP contribution in [0.2, 0.25) is 4.34 Å². The lowest BCUT2D eigenvalue weighted by atomic mass is 10.1. The third-order valence-electron chi connectivity index (χ3n) is 4.56. The maximum Gasteiger partial charge on any atom is 0.261 e. The first-order chi connectivity index (χ1) is 14.0. The molecule has 29 heavy (non-hydrogen) atoms. The van der Waals surface area contributed by atoms with Gasteiger partial charge >= 0.3 is 0 Å². The zero-order chi connectivity index (χ0) is 20.4. The van der Waals surface area contributed by atoms with Crippen LogP contribution in [0.25, 0.3) is 16.8 Å². The van der Waals surface area contributed by atoms with Crippen molar-refractivity contribution in [1.29, 1.82) is 0 Å². The molecular formula is C21H17ClN4O2S. The van der Waals surface area contributed by atoms with Gasteiger partial charge in [-0.1, -0.05) is 23.7 Å². The molecule has 0 spiro atoms. The lowest BCUT2D eigenvalue weighted by Gasteiger charge is -2.11. The van der Waals surface area contributed by atoms with Crippen molar-refractivity contribution in [2.45, 2.75) is 13.5 Å². The molecule has 1 amide bonds. The number of aryl methyl sites for hydroxylation is 1. The molecule has 0 saturated carbocycles. The molecule has 0 radical (unpaired) electrons. The molecule has 2 N–H and O–H groups in total. The Morgan fingerprint density at radius 3 is 2.69 bits per heavy atom. The molecule has 1 aromatic carbocycles. The highest BCUT2D eigenvalue weighted by Gasteiger charge is 2.13. The molecule has 3 heterocycles. The number of nitrogens with one attached hydrogen (secondary N) is 2. The van der Waals surface area contributed by atoms with E-state index in [4.69, 9.17) is 11.6 Å². The van der Waals surface area contributed by atoms with Gasteiger partial charge in [-0.15, -0.1) is 11.3 Å². The summed E-state index contributed by atoms with van der Waals surface area (Å²) in [5.41, 5.74) is 3.92. The molecule has 0 atom stereocenters. The van der Waals surface area contributed by atoms with Gasteiger partial charge in [-0.25, -0.2) is 4.98 Å². The fourth-order valence-electron chi connectivity index (χ4n) is 3.04.